The lowest BCUT2D eigenvalue weighted by Crippen LogP contribution is -2.12. The molecule has 0 aliphatic rings. The number of fused-ring (bicyclic) bond motifs is 1. The molecule has 0 radical (unpaired) electrons. The van der Waals surface area contributed by atoms with Gasteiger partial charge in [0.1, 0.15) is 28.6 Å². The van der Waals surface area contributed by atoms with Crippen LogP contribution in [0.3, 0.4) is 0 Å². The SMILES string of the molecule is CCOc1ccc(-c2cc(=O)c3cc(NC(=O)c4cc(OC)cc(OC)c4)ccc3o2)cc1. The van der Waals surface area contributed by atoms with Crippen molar-refractivity contribution in [3.63, 3.8) is 0 Å². The van der Waals surface area contributed by atoms with E-state index in [-0.39, 0.29) is 11.3 Å². The molecule has 0 atom stereocenters. The molecule has 3 aromatic carbocycles. The van der Waals surface area contributed by atoms with Crippen LogP contribution in [-0.2, 0) is 0 Å². The minimum atomic E-state index is -0.359. The summed E-state index contributed by atoms with van der Waals surface area (Å²) in [4.78, 5) is 25.5. The number of rotatable bonds is 7. The third kappa shape index (κ3) is 4.82. The number of amides is 1. The number of nitrogens with one attached hydrogen (secondary N) is 1. The Balaban J connectivity index is 1.61. The number of methoxy groups -OCH3 is 2. The second-order valence-corrected chi connectivity index (χ2v) is 7.20. The number of ether oxygens (including phenoxy) is 3. The summed E-state index contributed by atoms with van der Waals surface area (Å²) >= 11 is 0. The summed E-state index contributed by atoms with van der Waals surface area (Å²) < 4.78 is 21.8. The molecule has 1 N–H and O–H groups in total. The summed E-state index contributed by atoms with van der Waals surface area (Å²) in [5.74, 6) is 1.84. The van der Waals surface area contributed by atoms with E-state index < -0.39 is 0 Å². The summed E-state index contributed by atoms with van der Waals surface area (Å²) in [6.07, 6.45) is 0. The van der Waals surface area contributed by atoms with Gasteiger partial charge in [-0.05, 0) is 61.5 Å². The fourth-order valence-electron chi connectivity index (χ4n) is 3.40. The van der Waals surface area contributed by atoms with Crippen molar-refractivity contribution in [1.29, 1.82) is 0 Å². The maximum absolute atomic E-state index is 12.8. The van der Waals surface area contributed by atoms with Crippen LogP contribution in [0, 0.1) is 0 Å². The third-order valence-corrected chi connectivity index (χ3v) is 5.05. The van der Waals surface area contributed by atoms with Crippen molar-refractivity contribution in [3.8, 4) is 28.6 Å². The third-order valence-electron chi connectivity index (χ3n) is 5.05. The first-order chi connectivity index (χ1) is 16.0. The molecule has 7 heteroatoms. The second-order valence-electron chi connectivity index (χ2n) is 7.20. The summed E-state index contributed by atoms with van der Waals surface area (Å²) in [5, 5.41) is 3.17. The van der Waals surface area contributed by atoms with E-state index in [0.29, 0.717) is 46.1 Å². The molecule has 1 heterocycles. The smallest absolute Gasteiger partial charge is 0.255 e. The van der Waals surface area contributed by atoms with Crippen molar-refractivity contribution in [2.24, 2.45) is 0 Å². The van der Waals surface area contributed by atoms with E-state index in [1.165, 1.54) is 20.3 Å². The molecule has 4 rings (SSSR count). The zero-order valence-electron chi connectivity index (χ0n) is 18.5. The van der Waals surface area contributed by atoms with Gasteiger partial charge in [0.2, 0.25) is 0 Å². The monoisotopic (exact) mass is 445 g/mol. The first-order valence-electron chi connectivity index (χ1n) is 10.4. The van der Waals surface area contributed by atoms with Gasteiger partial charge in [0.05, 0.1) is 26.2 Å². The number of hydrogen-bond donors (Lipinski definition) is 1. The largest absolute Gasteiger partial charge is 0.497 e. The van der Waals surface area contributed by atoms with E-state index in [1.54, 1.807) is 36.4 Å². The summed E-state index contributed by atoms with van der Waals surface area (Å²) in [6, 6.07) is 18.6. The molecule has 7 nitrogen and oxygen atoms in total. The Morgan fingerprint density at radius 3 is 2.21 bits per heavy atom. The van der Waals surface area contributed by atoms with Gasteiger partial charge in [0.15, 0.2) is 5.43 Å². The average molecular weight is 445 g/mol. The van der Waals surface area contributed by atoms with E-state index in [4.69, 9.17) is 18.6 Å². The number of hydrogen-bond acceptors (Lipinski definition) is 6. The molecule has 0 fully saturated rings. The van der Waals surface area contributed by atoms with E-state index in [2.05, 4.69) is 5.32 Å². The van der Waals surface area contributed by atoms with Crippen molar-refractivity contribution >= 4 is 22.6 Å². The normalized spacial score (nSPS) is 10.6. The van der Waals surface area contributed by atoms with Crippen LogP contribution in [0.15, 0.2) is 75.9 Å². The van der Waals surface area contributed by atoms with E-state index in [1.807, 2.05) is 31.2 Å². The minimum absolute atomic E-state index is 0.209. The zero-order valence-corrected chi connectivity index (χ0v) is 18.5. The van der Waals surface area contributed by atoms with E-state index >= 15 is 0 Å². The van der Waals surface area contributed by atoms with E-state index in [9.17, 15) is 9.59 Å². The lowest BCUT2D eigenvalue weighted by molar-refractivity contribution is 0.102. The topological polar surface area (TPSA) is 87.0 Å². The molecule has 33 heavy (non-hydrogen) atoms. The molecule has 0 saturated carbocycles. The van der Waals surface area contributed by atoms with Crippen LogP contribution in [0.5, 0.6) is 17.2 Å². The molecule has 1 amide bonds. The fraction of sp³-hybridized carbons (Fsp3) is 0.154. The van der Waals surface area contributed by atoms with Crippen molar-refractivity contribution < 1.29 is 23.4 Å². The van der Waals surface area contributed by atoms with Crippen molar-refractivity contribution in [2.45, 2.75) is 6.92 Å². The predicted molar refractivity (Wildman–Crippen MR) is 127 cm³/mol. The van der Waals surface area contributed by atoms with E-state index in [0.717, 1.165) is 11.3 Å². The molecule has 0 saturated heterocycles. The molecule has 1 aromatic heterocycles. The maximum atomic E-state index is 12.8. The zero-order chi connectivity index (χ0) is 23.4. The molecule has 0 aliphatic carbocycles. The second kappa shape index (κ2) is 9.48. The summed E-state index contributed by atoms with van der Waals surface area (Å²) in [7, 11) is 3.03. The molecular formula is C26H23NO6. The Hall–Kier alpha value is -4.26. The van der Waals surface area contributed by atoms with Crippen LogP contribution >= 0.6 is 0 Å². The maximum Gasteiger partial charge on any atom is 0.255 e. The van der Waals surface area contributed by atoms with Crippen molar-refractivity contribution in [2.75, 3.05) is 26.1 Å². The highest BCUT2D eigenvalue weighted by Crippen LogP contribution is 2.27. The Bertz CT molecular complexity index is 1340. The molecule has 4 aromatic rings. The van der Waals surface area contributed by atoms with Gasteiger partial charge in [-0.1, -0.05) is 0 Å². The fourth-order valence-corrected chi connectivity index (χ4v) is 3.40. The number of carbonyl (C=O) groups excluding carboxylic acids is 1. The first-order valence-corrected chi connectivity index (χ1v) is 10.4. The van der Waals surface area contributed by atoms with Gasteiger partial charge in [-0.2, -0.15) is 0 Å². The minimum Gasteiger partial charge on any atom is -0.497 e. The molecule has 0 spiro atoms. The Kier molecular flexibility index (Phi) is 6.31. The Labute approximate surface area is 190 Å². The van der Waals surface area contributed by atoms with Gasteiger partial charge in [-0.3, -0.25) is 9.59 Å². The number of carbonyl (C=O) groups is 1. The first kappa shape index (κ1) is 22.0. The van der Waals surface area contributed by atoms with Crippen LogP contribution in [0.25, 0.3) is 22.3 Å². The lowest BCUT2D eigenvalue weighted by Gasteiger charge is -2.10. The van der Waals surface area contributed by atoms with Gasteiger partial charge in [-0.25, -0.2) is 0 Å². The highest BCUT2D eigenvalue weighted by molar-refractivity contribution is 6.05. The molecule has 168 valence electrons. The van der Waals surface area contributed by atoms with Crippen LogP contribution in [0.1, 0.15) is 17.3 Å². The van der Waals surface area contributed by atoms with Crippen LogP contribution < -0.4 is 25.0 Å². The van der Waals surface area contributed by atoms with Crippen molar-refractivity contribution in [1.82, 2.24) is 0 Å². The predicted octanol–water partition coefficient (Wildman–Crippen LogP) is 5.13. The molecule has 0 unspecified atom stereocenters. The standard InChI is InChI=1S/C26H23NO6/c1-4-32-19-8-5-16(6-9-19)25-15-23(28)22-13-18(7-10-24(22)33-25)27-26(29)17-11-20(30-2)14-21(12-17)31-3/h5-15H,4H2,1-3H3,(H,27,29). The molecular weight excluding hydrogens is 422 g/mol. The quantitative estimate of drug-likeness (QED) is 0.424. The summed E-state index contributed by atoms with van der Waals surface area (Å²) in [5.41, 5.74) is 1.81. The highest BCUT2D eigenvalue weighted by Gasteiger charge is 2.13. The highest BCUT2D eigenvalue weighted by atomic mass is 16.5. The average Bonchev–Trinajstić information content (AvgIpc) is 2.84. The van der Waals surface area contributed by atoms with Crippen LogP contribution in [0.2, 0.25) is 0 Å². The number of benzene rings is 3. The Morgan fingerprint density at radius 2 is 1.58 bits per heavy atom. The van der Waals surface area contributed by atoms with Gasteiger partial charge >= 0.3 is 0 Å². The van der Waals surface area contributed by atoms with Gasteiger partial charge in [-0.15, -0.1) is 0 Å². The molecule has 0 bridgehead atoms. The van der Waals surface area contributed by atoms with Gasteiger partial charge in [0.25, 0.3) is 5.91 Å². The van der Waals surface area contributed by atoms with Gasteiger partial charge in [0, 0.05) is 28.9 Å². The number of anilines is 1. The van der Waals surface area contributed by atoms with Gasteiger partial charge < -0.3 is 23.9 Å². The lowest BCUT2D eigenvalue weighted by atomic mass is 10.1. The van der Waals surface area contributed by atoms with Crippen LogP contribution in [0.4, 0.5) is 5.69 Å². The molecule has 0 aliphatic heterocycles. The Morgan fingerprint density at radius 1 is 0.879 bits per heavy atom. The van der Waals surface area contributed by atoms with Crippen molar-refractivity contribution in [3.05, 3.63) is 82.5 Å². The summed E-state index contributed by atoms with van der Waals surface area (Å²) in [6.45, 7) is 2.50. The van der Waals surface area contributed by atoms with Crippen LogP contribution in [-0.4, -0.2) is 26.7 Å².